The van der Waals surface area contributed by atoms with Gasteiger partial charge in [0.15, 0.2) is 0 Å². The first-order chi connectivity index (χ1) is 9.83. The molecule has 1 aliphatic rings. The van der Waals surface area contributed by atoms with Crippen molar-refractivity contribution in [2.75, 3.05) is 13.7 Å². The molecule has 0 spiro atoms. The van der Waals surface area contributed by atoms with Crippen molar-refractivity contribution in [3.8, 4) is 5.75 Å². The summed E-state index contributed by atoms with van der Waals surface area (Å²) in [6.07, 6.45) is 0.193. The molecule has 21 heavy (non-hydrogen) atoms. The van der Waals surface area contributed by atoms with E-state index in [1.54, 1.807) is 0 Å². The van der Waals surface area contributed by atoms with Crippen molar-refractivity contribution in [1.82, 2.24) is 10.0 Å². The Balaban J connectivity index is 2.12. The average Bonchev–Trinajstić information content (AvgIpc) is 2.86. The Hall–Kier alpha value is -1.35. The van der Waals surface area contributed by atoms with Gasteiger partial charge in [0.05, 0.1) is 17.0 Å². The van der Waals surface area contributed by atoms with E-state index < -0.39 is 28.1 Å². The molecule has 0 bridgehead atoms. The molecule has 9 heteroatoms. The molecular formula is C12H15ClN2O5S. The van der Waals surface area contributed by atoms with Crippen LogP contribution in [0.1, 0.15) is 6.42 Å². The van der Waals surface area contributed by atoms with Gasteiger partial charge in [0, 0.05) is 12.6 Å². The smallest absolute Gasteiger partial charge is 0.320 e. The highest BCUT2D eigenvalue weighted by atomic mass is 35.5. The Kier molecular flexibility index (Phi) is 4.72. The minimum Gasteiger partial charge on any atom is -0.495 e. The van der Waals surface area contributed by atoms with E-state index in [0.29, 0.717) is 5.75 Å². The van der Waals surface area contributed by atoms with Crippen LogP contribution < -0.4 is 14.8 Å². The monoisotopic (exact) mass is 334 g/mol. The maximum Gasteiger partial charge on any atom is 0.320 e. The van der Waals surface area contributed by atoms with E-state index in [2.05, 4.69) is 10.0 Å². The number of nitrogens with one attached hydrogen (secondary N) is 2. The third-order valence-corrected chi connectivity index (χ3v) is 5.00. The molecule has 1 aromatic carbocycles. The Morgan fingerprint density at radius 1 is 1.52 bits per heavy atom. The second-order valence-corrected chi connectivity index (χ2v) is 6.77. The van der Waals surface area contributed by atoms with Gasteiger partial charge in [-0.05, 0) is 24.6 Å². The van der Waals surface area contributed by atoms with Crippen LogP contribution in [0.15, 0.2) is 23.1 Å². The van der Waals surface area contributed by atoms with Gasteiger partial charge in [-0.3, -0.25) is 4.79 Å². The number of aliphatic carboxylic acids is 1. The number of sulfonamides is 1. The summed E-state index contributed by atoms with van der Waals surface area (Å²) in [4.78, 5) is 10.8. The molecule has 2 atom stereocenters. The molecule has 1 saturated heterocycles. The van der Waals surface area contributed by atoms with E-state index in [0.717, 1.165) is 0 Å². The Morgan fingerprint density at radius 2 is 2.24 bits per heavy atom. The van der Waals surface area contributed by atoms with Crippen molar-refractivity contribution < 1.29 is 23.1 Å². The number of rotatable bonds is 5. The van der Waals surface area contributed by atoms with Crippen molar-refractivity contribution in [2.24, 2.45) is 0 Å². The molecule has 0 saturated carbocycles. The molecule has 1 heterocycles. The van der Waals surface area contributed by atoms with Crippen LogP contribution in [0.25, 0.3) is 0 Å². The molecule has 1 aromatic rings. The van der Waals surface area contributed by atoms with E-state index in [-0.39, 0.29) is 22.9 Å². The fourth-order valence-corrected chi connectivity index (χ4v) is 3.71. The first-order valence-corrected chi connectivity index (χ1v) is 8.01. The number of hydrogen-bond donors (Lipinski definition) is 3. The summed E-state index contributed by atoms with van der Waals surface area (Å²) in [5.41, 5.74) is 0. The van der Waals surface area contributed by atoms with Crippen LogP contribution in [0.5, 0.6) is 5.75 Å². The molecule has 1 aliphatic heterocycles. The zero-order valence-corrected chi connectivity index (χ0v) is 12.7. The zero-order valence-electron chi connectivity index (χ0n) is 11.2. The molecular weight excluding hydrogens is 320 g/mol. The SMILES string of the molecule is COc1ccc(S(=O)(=O)NC2CNC(C(=O)O)C2)cc1Cl. The number of halogens is 1. The summed E-state index contributed by atoms with van der Waals surface area (Å²) < 4.78 is 31.9. The number of methoxy groups -OCH3 is 1. The molecule has 2 unspecified atom stereocenters. The second-order valence-electron chi connectivity index (χ2n) is 4.65. The summed E-state index contributed by atoms with van der Waals surface area (Å²) in [5.74, 6) is -0.617. The van der Waals surface area contributed by atoms with E-state index >= 15 is 0 Å². The normalized spacial score (nSPS) is 22.2. The van der Waals surface area contributed by atoms with Crippen molar-refractivity contribution in [2.45, 2.75) is 23.4 Å². The van der Waals surface area contributed by atoms with Gasteiger partial charge in [0.2, 0.25) is 10.0 Å². The summed E-state index contributed by atoms with van der Waals surface area (Å²) in [5, 5.41) is 11.8. The molecule has 2 rings (SSSR count). The summed E-state index contributed by atoms with van der Waals surface area (Å²) >= 11 is 5.91. The summed E-state index contributed by atoms with van der Waals surface area (Å²) in [6.45, 7) is 0.264. The lowest BCUT2D eigenvalue weighted by atomic mass is 10.2. The van der Waals surface area contributed by atoms with Crippen LogP contribution in [0.3, 0.4) is 0 Å². The van der Waals surface area contributed by atoms with Gasteiger partial charge in [0.25, 0.3) is 0 Å². The van der Waals surface area contributed by atoms with Crippen LogP contribution in [-0.2, 0) is 14.8 Å². The van der Waals surface area contributed by atoms with Crippen LogP contribution in [-0.4, -0.2) is 45.2 Å². The lowest BCUT2D eigenvalue weighted by Crippen LogP contribution is -2.36. The van der Waals surface area contributed by atoms with Crippen LogP contribution in [0, 0.1) is 0 Å². The van der Waals surface area contributed by atoms with Crippen molar-refractivity contribution in [3.63, 3.8) is 0 Å². The van der Waals surface area contributed by atoms with Crippen molar-refractivity contribution in [3.05, 3.63) is 23.2 Å². The number of benzene rings is 1. The molecule has 0 radical (unpaired) electrons. The van der Waals surface area contributed by atoms with Crippen LogP contribution >= 0.6 is 11.6 Å². The van der Waals surface area contributed by atoms with Crippen molar-refractivity contribution in [1.29, 1.82) is 0 Å². The van der Waals surface area contributed by atoms with Gasteiger partial charge in [-0.2, -0.15) is 0 Å². The minimum atomic E-state index is -3.76. The molecule has 3 N–H and O–H groups in total. The van der Waals surface area contributed by atoms with E-state index in [1.807, 2.05) is 0 Å². The van der Waals surface area contributed by atoms with E-state index in [4.69, 9.17) is 21.4 Å². The lowest BCUT2D eigenvalue weighted by Gasteiger charge is -2.13. The molecule has 1 fully saturated rings. The van der Waals surface area contributed by atoms with Crippen LogP contribution in [0.2, 0.25) is 5.02 Å². The standard InChI is InChI=1S/C12H15ClN2O5S/c1-20-11-3-2-8(5-9(11)13)21(18,19)15-7-4-10(12(16)17)14-6-7/h2-3,5,7,10,14-15H,4,6H2,1H3,(H,16,17). The van der Waals surface area contributed by atoms with Gasteiger partial charge in [-0.25, -0.2) is 13.1 Å². The first-order valence-electron chi connectivity index (χ1n) is 6.15. The largest absolute Gasteiger partial charge is 0.495 e. The Labute approximate surface area is 127 Å². The van der Waals surface area contributed by atoms with E-state index in [9.17, 15) is 13.2 Å². The fourth-order valence-electron chi connectivity index (χ4n) is 2.12. The number of carbonyl (C=O) groups is 1. The highest BCUT2D eigenvalue weighted by Crippen LogP contribution is 2.27. The lowest BCUT2D eigenvalue weighted by molar-refractivity contribution is -0.139. The average molecular weight is 335 g/mol. The predicted octanol–water partition coefficient (Wildman–Crippen LogP) is 0.442. The number of carboxylic acids is 1. The first kappa shape index (κ1) is 16.0. The summed E-state index contributed by atoms with van der Waals surface area (Å²) in [7, 11) is -2.33. The Bertz CT molecular complexity index is 649. The second kappa shape index (κ2) is 6.18. The predicted molar refractivity (Wildman–Crippen MR) is 76.2 cm³/mol. The van der Waals surface area contributed by atoms with Gasteiger partial charge in [-0.1, -0.05) is 11.6 Å². The quantitative estimate of drug-likeness (QED) is 0.722. The Morgan fingerprint density at radius 3 is 2.76 bits per heavy atom. The van der Waals surface area contributed by atoms with Crippen molar-refractivity contribution >= 4 is 27.6 Å². The highest BCUT2D eigenvalue weighted by molar-refractivity contribution is 7.89. The van der Waals surface area contributed by atoms with Gasteiger partial charge in [0.1, 0.15) is 11.8 Å². The van der Waals surface area contributed by atoms with Crippen LogP contribution in [0.4, 0.5) is 0 Å². The molecule has 116 valence electrons. The van der Waals surface area contributed by atoms with Gasteiger partial charge in [-0.15, -0.1) is 0 Å². The topological polar surface area (TPSA) is 105 Å². The molecule has 0 aromatic heterocycles. The summed E-state index contributed by atoms with van der Waals surface area (Å²) in [6, 6.07) is 2.92. The number of ether oxygens (including phenoxy) is 1. The number of carboxylic acid groups (broad SMARTS) is 1. The molecule has 0 amide bonds. The highest BCUT2D eigenvalue weighted by Gasteiger charge is 2.32. The molecule has 7 nitrogen and oxygen atoms in total. The fraction of sp³-hybridized carbons (Fsp3) is 0.417. The maximum atomic E-state index is 12.2. The third kappa shape index (κ3) is 3.65. The molecule has 0 aliphatic carbocycles. The zero-order chi connectivity index (χ0) is 15.6. The minimum absolute atomic E-state index is 0.00655. The van der Waals surface area contributed by atoms with Gasteiger partial charge >= 0.3 is 5.97 Å². The third-order valence-electron chi connectivity index (χ3n) is 3.18. The maximum absolute atomic E-state index is 12.2. The number of hydrogen-bond acceptors (Lipinski definition) is 5. The van der Waals surface area contributed by atoms with Gasteiger partial charge < -0.3 is 15.2 Å². The van der Waals surface area contributed by atoms with E-state index in [1.165, 1.54) is 25.3 Å².